The van der Waals surface area contributed by atoms with Crippen molar-refractivity contribution in [3.63, 3.8) is 0 Å². The molecule has 0 bridgehead atoms. The molecule has 3 aromatic rings. The van der Waals surface area contributed by atoms with Gasteiger partial charge in [-0.05, 0) is 24.8 Å². The van der Waals surface area contributed by atoms with Gasteiger partial charge in [0.1, 0.15) is 5.01 Å². The molecule has 0 spiro atoms. The predicted octanol–water partition coefficient (Wildman–Crippen LogP) is 5.95. The minimum absolute atomic E-state index is 0.117. The summed E-state index contributed by atoms with van der Waals surface area (Å²) in [6.45, 7) is 8.81. The summed E-state index contributed by atoms with van der Waals surface area (Å²) in [5.74, 6) is 1.88. The molecule has 3 aromatic heterocycles. The van der Waals surface area contributed by atoms with Crippen molar-refractivity contribution in [2.75, 3.05) is 11.1 Å². The van der Waals surface area contributed by atoms with Crippen LogP contribution in [-0.4, -0.2) is 36.6 Å². The van der Waals surface area contributed by atoms with Gasteiger partial charge >= 0.3 is 0 Å². The third-order valence-electron chi connectivity index (χ3n) is 5.45. The average molecular weight is 489 g/mol. The molecule has 1 fully saturated rings. The summed E-state index contributed by atoms with van der Waals surface area (Å²) in [7, 11) is 0. The van der Waals surface area contributed by atoms with Gasteiger partial charge in [0.15, 0.2) is 11.0 Å². The Bertz CT molecular complexity index is 1060. The summed E-state index contributed by atoms with van der Waals surface area (Å²) >= 11 is 4.60. The fourth-order valence-electron chi connectivity index (χ4n) is 3.76. The summed E-state index contributed by atoms with van der Waals surface area (Å²) in [5.41, 5.74) is 1.05. The summed E-state index contributed by atoms with van der Waals surface area (Å²) < 4.78 is 2.00. The molecular weight excluding hydrogens is 460 g/mol. The number of nitrogens with one attached hydrogen (secondary N) is 1. The van der Waals surface area contributed by atoms with E-state index in [0.717, 1.165) is 16.4 Å². The third kappa shape index (κ3) is 5.47. The lowest BCUT2D eigenvalue weighted by Gasteiger charge is -2.18. The molecule has 0 radical (unpaired) electrons. The Kier molecular flexibility index (Phi) is 7.75. The van der Waals surface area contributed by atoms with Crippen molar-refractivity contribution in [1.82, 2.24) is 25.0 Å². The third-order valence-corrected chi connectivity index (χ3v) is 8.65. The van der Waals surface area contributed by atoms with Gasteiger partial charge in [0.05, 0.1) is 5.75 Å². The molecule has 1 aliphatic carbocycles. The Morgan fingerprint density at radius 1 is 1.28 bits per heavy atom. The number of amides is 1. The van der Waals surface area contributed by atoms with E-state index in [4.69, 9.17) is 0 Å². The second kappa shape index (κ2) is 10.7. The zero-order chi connectivity index (χ0) is 22.5. The van der Waals surface area contributed by atoms with Crippen LogP contribution < -0.4 is 5.32 Å². The van der Waals surface area contributed by atoms with Gasteiger partial charge < -0.3 is 0 Å². The second-order valence-electron chi connectivity index (χ2n) is 8.22. The summed E-state index contributed by atoms with van der Waals surface area (Å²) in [6, 6.07) is 2.17. The van der Waals surface area contributed by atoms with Gasteiger partial charge in [-0.3, -0.25) is 14.7 Å². The van der Waals surface area contributed by atoms with E-state index in [1.165, 1.54) is 60.1 Å². The summed E-state index contributed by atoms with van der Waals surface area (Å²) in [5, 5.41) is 24.5. The lowest BCUT2D eigenvalue weighted by Crippen LogP contribution is -2.14. The van der Waals surface area contributed by atoms with E-state index in [1.54, 1.807) is 11.3 Å². The van der Waals surface area contributed by atoms with Crippen molar-refractivity contribution < 1.29 is 4.79 Å². The van der Waals surface area contributed by atoms with Crippen LogP contribution in [0.15, 0.2) is 29.3 Å². The fraction of sp³-hybridized carbons (Fsp3) is 0.500. The SMILES string of the molecule is C=CCn1c(SCC(=O)Nc2nnc(C3CCCCC3)s2)nnc1-c1csc(C(C)C)c1. The van der Waals surface area contributed by atoms with Crippen molar-refractivity contribution in [2.24, 2.45) is 0 Å². The highest BCUT2D eigenvalue weighted by Crippen LogP contribution is 2.35. The van der Waals surface area contributed by atoms with E-state index in [9.17, 15) is 4.79 Å². The number of hydrogen-bond donors (Lipinski definition) is 1. The van der Waals surface area contributed by atoms with Crippen LogP contribution in [-0.2, 0) is 11.3 Å². The minimum Gasteiger partial charge on any atom is -0.300 e. The van der Waals surface area contributed by atoms with E-state index >= 15 is 0 Å². The zero-order valence-electron chi connectivity index (χ0n) is 18.4. The first kappa shape index (κ1) is 23.1. The van der Waals surface area contributed by atoms with Gasteiger partial charge in [0.2, 0.25) is 11.0 Å². The highest BCUT2D eigenvalue weighted by atomic mass is 32.2. The van der Waals surface area contributed by atoms with Crippen LogP contribution in [0.3, 0.4) is 0 Å². The Morgan fingerprint density at radius 3 is 2.81 bits per heavy atom. The Hall–Kier alpha value is -2.04. The van der Waals surface area contributed by atoms with Gasteiger partial charge in [0.25, 0.3) is 0 Å². The maximum Gasteiger partial charge on any atom is 0.236 e. The maximum absolute atomic E-state index is 12.5. The van der Waals surface area contributed by atoms with E-state index < -0.39 is 0 Å². The zero-order valence-corrected chi connectivity index (χ0v) is 20.9. The monoisotopic (exact) mass is 488 g/mol. The van der Waals surface area contributed by atoms with Crippen LogP contribution in [0.4, 0.5) is 5.13 Å². The largest absolute Gasteiger partial charge is 0.300 e. The molecule has 32 heavy (non-hydrogen) atoms. The smallest absolute Gasteiger partial charge is 0.236 e. The Morgan fingerprint density at radius 2 is 2.09 bits per heavy atom. The predicted molar refractivity (Wildman–Crippen MR) is 133 cm³/mol. The molecule has 1 amide bonds. The molecule has 0 saturated heterocycles. The molecule has 1 saturated carbocycles. The molecule has 1 aliphatic rings. The van der Waals surface area contributed by atoms with E-state index in [-0.39, 0.29) is 11.7 Å². The number of nitrogens with zero attached hydrogens (tertiary/aromatic N) is 5. The normalized spacial score (nSPS) is 14.7. The van der Waals surface area contributed by atoms with E-state index in [2.05, 4.69) is 57.6 Å². The lowest BCUT2D eigenvalue weighted by atomic mass is 9.90. The molecule has 0 aromatic carbocycles. The molecule has 1 N–H and O–H groups in total. The lowest BCUT2D eigenvalue weighted by molar-refractivity contribution is -0.113. The molecule has 0 aliphatic heterocycles. The van der Waals surface area contributed by atoms with Crippen molar-refractivity contribution in [2.45, 2.75) is 69.5 Å². The van der Waals surface area contributed by atoms with Crippen LogP contribution in [0, 0.1) is 0 Å². The topological polar surface area (TPSA) is 85.6 Å². The number of allylic oxidation sites excluding steroid dienone is 1. The quantitative estimate of drug-likeness (QED) is 0.296. The average Bonchev–Trinajstić information content (AvgIpc) is 3.53. The van der Waals surface area contributed by atoms with Crippen LogP contribution in [0.5, 0.6) is 0 Å². The van der Waals surface area contributed by atoms with Crippen LogP contribution in [0.2, 0.25) is 0 Å². The molecule has 7 nitrogen and oxygen atoms in total. The summed E-state index contributed by atoms with van der Waals surface area (Å²) in [6.07, 6.45) is 7.96. The first-order valence-electron chi connectivity index (χ1n) is 10.9. The van der Waals surface area contributed by atoms with Gasteiger partial charge in [-0.25, -0.2) is 0 Å². The maximum atomic E-state index is 12.5. The molecule has 3 heterocycles. The van der Waals surface area contributed by atoms with Crippen molar-refractivity contribution in [3.8, 4) is 11.4 Å². The van der Waals surface area contributed by atoms with Crippen LogP contribution in [0.25, 0.3) is 11.4 Å². The Labute approximate surface area is 200 Å². The number of hydrogen-bond acceptors (Lipinski definition) is 8. The van der Waals surface area contributed by atoms with Crippen LogP contribution >= 0.6 is 34.4 Å². The van der Waals surface area contributed by atoms with Gasteiger partial charge in [-0.15, -0.1) is 38.3 Å². The molecule has 4 rings (SSSR count). The number of thiophene rings is 1. The number of carbonyl (C=O) groups excluding carboxylic acids is 1. The van der Waals surface area contributed by atoms with Gasteiger partial charge in [0, 0.05) is 28.3 Å². The highest BCUT2D eigenvalue weighted by molar-refractivity contribution is 7.99. The van der Waals surface area contributed by atoms with Gasteiger partial charge in [-0.2, -0.15) is 0 Å². The van der Waals surface area contributed by atoms with E-state index in [0.29, 0.717) is 28.7 Å². The number of carbonyl (C=O) groups is 1. The van der Waals surface area contributed by atoms with Crippen molar-refractivity contribution in [3.05, 3.63) is 34.0 Å². The Balaban J connectivity index is 1.38. The molecule has 10 heteroatoms. The second-order valence-corrected chi connectivity index (χ2v) is 11.1. The highest BCUT2D eigenvalue weighted by Gasteiger charge is 2.21. The first-order valence-corrected chi connectivity index (χ1v) is 13.6. The molecule has 170 valence electrons. The minimum atomic E-state index is -0.117. The van der Waals surface area contributed by atoms with Crippen molar-refractivity contribution >= 4 is 45.5 Å². The first-order chi connectivity index (χ1) is 15.5. The standard InChI is InChI=1S/C22H28N6OS3/c1-4-10-28-19(16-11-17(14(2)3)30-12-16)24-27-22(28)31-13-18(29)23-21-26-25-20(32-21)15-8-6-5-7-9-15/h4,11-12,14-15H,1,5-10,13H2,2-3H3,(H,23,26,29). The number of thioether (sulfide) groups is 1. The molecular formula is C22H28N6OS3. The molecule has 0 atom stereocenters. The van der Waals surface area contributed by atoms with Crippen molar-refractivity contribution in [1.29, 1.82) is 0 Å². The fourth-order valence-corrected chi connectivity index (χ4v) is 6.34. The summed E-state index contributed by atoms with van der Waals surface area (Å²) in [4.78, 5) is 13.8. The number of aromatic nitrogens is 5. The molecule has 0 unspecified atom stereocenters. The van der Waals surface area contributed by atoms with E-state index in [1.807, 2.05) is 10.6 Å². The number of anilines is 1. The van der Waals surface area contributed by atoms with Gasteiger partial charge in [-0.1, -0.05) is 62.3 Å². The van der Waals surface area contributed by atoms with Crippen LogP contribution in [0.1, 0.15) is 67.7 Å². The number of rotatable bonds is 9.